The van der Waals surface area contributed by atoms with Gasteiger partial charge in [-0.1, -0.05) is 6.07 Å². The molecular weight excluding hydrogens is 208 g/mol. The van der Waals surface area contributed by atoms with E-state index in [1.54, 1.807) is 26.1 Å². The van der Waals surface area contributed by atoms with Crippen molar-refractivity contribution in [3.63, 3.8) is 0 Å². The van der Waals surface area contributed by atoms with Crippen molar-refractivity contribution in [2.75, 3.05) is 7.11 Å². The first-order valence-electron chi connectivity index (χ1n) is 4.93. The summed E-state index contributed by atoms with van der Waals surface area (Å²) in [5.41, 5.74) is -0.139. The fourth-order valence-electron chi connectivity index (χ4n) is 1.13. The number of nitrogens with zero attached hydrogens (tertiary/aromatic N) is 1. The average Bonchev–Trinajstić information content (AvgIpc) is 2.26. The Morgan fingerprint density at radius 3 is 2.88 bits per heavy atom. The molecule has 5 nitrogen and oxygen atoms in total. The van der Waals surface area contributed by atoms with Crippen LogP contribution in [0.25, 0.3) is 0 Å². The van der Waals surface area contributed by atoms with Crippen LogP contribution in [-0.4, -0.2) is 28.7 Å². The number of hydrogen-bond donors (Lipinski definition) is 2. The smallest absolute Gasteiger partial charge is 0.323 e. The number of aromatic nitrogens is 1. The fourth-order valence-corrected chi connectivity index (χ4v) is 1.13. The quantitative estimate of drug-likeness (QED) is 0.782. The van der Waals surface area contributed by atoms with Crippen LogP contribution < -0.4 is 10.1 Å². The minimum absolute atomic E-state index is 0.399. The lowest BCUT2D eigenvalue weighted by atomic mass is 10.1. The number of carboxylic acid groups (broad SMARTS) is 1. The number of carboxylic acids is 1. The number of ether oxygens (including phenoxy) is 1. The summed E-state index contributed by atoms with van der Waals surface area (Å²) in [6.07, 6.45) is 1.63. The number of hydrogen-bond acceptors (Lipinski definition) is 4. The normalized spacial score (nSPS) is 11.2. The maximum Gasteiger partial charge on any atom is 0.323 e. The topological polar surface area (TPSA) is 71.5 Å². The molecule has 16 heavy (non-hydrogen) atoms. The molecule has 0 saturated heterocycles. The van der Waals surface area contributed by atoms with Gasteiger partial charge in [-0.05, 0) is 19.9 Å². The molecule has 1 rings (SSSR count). The van der Waals surface area contributed by atoms with Crippen molar-refractivity contribution >= 4 is 5.97 Å². The van der Waals surface area contributed by atoms with Crippen LogP contribution in [0, 0.1) is 0 Å². The van der Waals surface area contributed by atoms with E-state index in [0.717, 1.165) is 5.56 Å². The van der Waals surface area contributed by atoms with Gasteiger partial charge in [0.15, 0.2) is 0 Å². The summed E-state index contributed by atoms with van der Waals surface area (Å²) in [6.45, 7) is 3.62. The van der Waals surface area contributed by atoms with E-state index in [-0.39, 0.29) is 0 Å². The Bertz CT molecular complexity index is 377. The number of pyridine rings is 1. The van der Waals surface area contributed by atoms with Gasteiger partial charge in [0.2, 0.25) is 5.88 Å². The second-order valence-electron chi connectivity index (χ2n) is 3.96. The molecule has 0 aliphatic carbocycles. The van der Waals surface area contributed by atoms with Gasteiger partial charge in [-0.15, -0.1) is 0 Å². The molecule has 0 saturated carbocycles. The van der Waals surface area contributed by atoms with Gasteiger partial charge in [0.25, 0.3) is 0 Å². The van der Waals surface area contributed by atoms with Gasteiger partial charge in [0.05, 0.1) is 7.11 Å². The summed E-state index contributed by atoms with van der Waals surface area (Å²) in [5.74, 6) is -0.383. The third-order valence-electron chi connectivity index (χ3n) is 2.30. The van der Waals surface area contributed by atoms with Crippen molar-refractivity contribution in [2.45, 2.75) is 25.9 Å². The number of methoxy groups -OCH3 is 1. The molecule has 0 amide bonds. The van der Waals surface area contributed by atoms with Gasteiger partial charge in [-0.3, -0.25) is 10.1 Å². The van der Waals surface area contributed by atoms with Gasteiger partial charge in [0, 0.05) is 18.3 Å². The zero-order valence-corrected chi connectivity index (χ0v) is 9.65. The lowest BCUT2D eigenvalue weighted by molar-refractivity contribution is -0.143. The Kier molecular flexibility index (Phi) is 3.84. The maximum absolute atomic E-state index is 10.9. The number of nitrogens with one attached hydrogen (secondary N) is 1. The van der Waals surface area contributed by atoms with Gasteiger partial charge in [-0.2, -0.15) is 0 Å². The predicted molar refractivity (Wildman–Crippen MR) is 59.3 cm³/mol. The van der Waals surface area contributed by atoms with Crippen LogP contribution >= 0.6 is 0 Å². The summed E-state index contributed by atoms with van der Waals surface area (Å²) in [4.78, 5) is 14.9. The van der Waals surface area contributed by atoms with E-state index >= 15 is 0 Å². The maximum atomic E-state index is 10.9. The highest BCUT2D eigenvalue weighted by atomic mass is 16.5. The molecule has 0 aliphatic rings. The second kappa shape index (κ2) is 4.94. The van der Waals surface area contributed by atoms with Crippen molar-refractivity contribution in [2.24, 2.45) is 0 Å². The van der Waals surface area contributed by atoms with Gasteiger partial charge in [0.1, 0.15) is 5.54 Å². The third kappa shape index (κ3) is 2.93. The number of rotatable bonds is 5. The Balaban J connectivity index is 2.71. The third-order valence-corrected chi connectivity index (χ3v) is 2.30. The molecular formula is C11H16N2O3. The van der Waals surface area contributed by atoms with E-state index in [9.17, 15) is 4.79 Å². The number of aliphatic carboxylic acids is 1. The largest absolute Gasteiger partial charge is 0.481 e. The lowest BCUT2D eigenvalue weighted by Crippen LogP contribution is -2.46. The zero-order valence-electron chi connectivity index (χ0n) is 9.65. The Morgan fingerprint density at radius 1 is 1.62 bits per heavy atom. The number of carbonyl (C=O) groups is 1. The van der Waals surface area contributed by atoms with Gasteiger partial charge < -0.3 is 9.84 Å². The monoisotopic (exact) mass is 224 g/mol. The van der Waals surface area contributed by atoms with Crippen LogP contribution in [0.2, 0.25) is 0 Å². The molecule has 0 aliphatic heterocycles. The van der Waals surface area contributed by atoms with E-state index in [0.29, 0.717) is 12.4 Å². The second-order valence-corrected chi connectivity index (χ2v) is 3.96. The highest BCUT2D eigenvalue weighted by Crippen LogP contribution is 2.14. The molecule has 1 aromatic heterocycles. The van der Waals surface area contributed by atoms with E-state index < -0.39 is 11.5 Å². The van der Waals surface area contributed by atoms with Crippen molar-refractivity contribution < 1.29 is 14.6 Å². The molecule has 5 heteroatoms. The Morgan fingerprint density at radius 2 is 2.31 bits per heavy atom. The average molecular weight is 224 g/mol. The van der Waals surface area contributed by atoms with Crippen molar-refractivity contribution in [3.8, 4) is 5.88 Å². The van der Waals surface area contributed by atoms with Crippen molar-refractivity contribution in [1.82, 2.24) is 10.3 Å². The lowest BCUT2D eigenvalue weighted by Gasteiger charge is -2.21. The minimum atomic E-state index is -0.971. The summed E-state index contributed by atoms with van der Waals surface area (Å²) < 4.78 is 5.07. The van der Waals surface area contributed by atoms with E-state index in [4.69, 9.17) is 9.84 Å². The van der Waals surface area contributed by atoms with Crippen LogP contribution in [0.15, 0.2) is 18.3 Å². The Hall–Kier alpha value is -1.62. The van der Waals surface area contributed by atoms with E-state index in [2.05, 4.69) is 10.3 Å². The molecule has 88 valence electrons. The van der Waals surface area contributed by atoms with E-state index in [1.807, 2.05) is 6.07 Å². The molecule has 0 radical (unpaired) electrons. The first-order chi connectivity index (χ1) is 7.47. The molecule has 1 heterocycles. The summed E-state index contributed by atoms with van der Waals surface area (Å²) >= 11 is 0. The zero-order chi connectivity index (χ0) is 12.2. The van der Waals surface area contributed by atoms with Gasteiger partial charge in [-0.25, -0.2) is 4.98 Å². The predicted octanol–water partition coefficient (Wildman–Crippen LogP) is 1.04. The minimum Gasteiger partial charge on any atom is -0.481 e. The van der Waals surface area contributed by atoms with Crippen molar-refractivity contribution in [3.05, 3.63) is 23.9 Å². The highest BCUT2D eigenvalue weighted by molar-refractivity contribution is 5.77. The van der Waals surface area contributed by atoms with Crippen LogP contribution in [0.4, 0.5) is 0 Å². The molecule has 1 aromatic rings. The van der Waals surface area contributed by atoms with E-state index in [1.165, 1.54) is 7.11 Å². The summed E-state index contributed by atoms with van der Waals surface area (Å²) in [5, 5.41) is 11.9. The van der Waals surface area contributed by atoms with Gasteiger partial charge >= 0.3 is 5.97 Å². The van der Waals surface area contributed by atoms with Crippen LogP contribution in [0.3, 0.4) is 0 Å². The first kappa shape index (κ1) is 12.4. The highest BCUT2D eigenvalue weighted by Gasteiger charge is 2.26. The van der Waals surface area contributed by atoms with Crippen LogP contribution in [0.1, 0.15) is 19.4 Å². The molecule has 2 N–H and O–H groups in total. The van der Waals surface area contributed by atoms with Crippen molar-refractivity contribution in [1.29, 1.82) is 0 Å². The molecule has 0 atom stereocenters. The summed E-state index contributed by atoms with van der Waals surface area (Å²) in [6, 6.07) is 3.63. The SMILES string of the molecule is COc1ncccc1CNC(C)(C)C(=O)O. The molecule has 0 fully saturated rings. The Labute approximate surface area is 94.5 Å². The fraction of sp³-hybridized carbons (Fsp3) is 0.455. The van der Waals surface area contributed by atoms with Crippen LogP contribution in [0.5, 0.6) is 5.88 Å². The standard InChI is InChI=1S/C11H16N2O3/c1-11(2,10(14)15)13-7-8-5-4-6-12-9(8)16-3/h4-6,13H,7H2,1-3H3,(H,14,15). The molecule has 0 unspecified atom stereocenters. The summed E-state index contributed by atoms with van der Waals surface area (Å²) in [7, 11) is 1.54. The molecule has 0 aromatic carbocycles. The van der Waals surface area contributed by atoms with Crippen LogP contribution in [-0.2, 0) is 11.3 Å². The first-order valence-corrected chi connectivity index (χ1v) is 4.93. The molecule has 0 bridgehead atoms. The molecule has 0 spiro atoms.